The van der Waals surface area contributed by atoms with E-state index in [0.29, 0.717) is 6.04 Å². The van der Waals surface area contributed by atoms with E-state index in [2.05, 4.69) is 11.8 Å². The SMILES string of the molecule is CCC1CCCC(N2C3CCCC2CC(N)C3)C1. The van der Waals surface area contributed by atoms with Gasteiger partial charge in [0.05, 0.1) is 0 Å². The van der Waals surface area contributed by atoms with Crippen molar-refractivity contribution in [2.75, 3.05) is 0 Å². The van der Waals surface area contributed by atoms with Gasteiger partial charge in [-0.25, -0.2) is 0 Å². The Morgan fingerprint density at radius 3 is 2.06 bits per heavy atom. The highest BCUT2D eigenvalue weighted by Crippen LogP contribution is 2.40. The Bertz CT molecular complexity index is 264. The average Bonchev–Trinajstić information content (AvgIpc) is 2.37. The van der Waals surface area contributed by atoms with Gasteiger partial charge in [-0.3, -0.25) is 4.90 Å². The van der Waals surface area contributed by atoms with E-state index in [9.17, 15) is 0 Å². The van der Waals surface area contributed by atoms with Crippen molar-refractivity contribution in [2.24, 2.45) is 11.7 Å². The van der Waals surface area contributed by atoms with E-state index in [1.54, 1.807) is 0 Å². The van der Waals surface area contributed by atoms with Gasteiger partial charge in [0.25, 0.3) is 0 Å². The highest BCUT2D eigenvalue weighted by molar-refractivity contribution is 4.97. The Kier molecular flexibility index (Phi) is 3.95. The maximum atomic E-state index is 6.24. The summed E-state index contributed by atoms with van der Waals surface area (Å²) in [5.74, 6) is 1.00. The first kappa shape index (κ1) is 12.9. The first-order valence-corrected chi connectivity index (χ1v) is 8.31. The third-order valence-corrected chi connectivity index (χ3v) is 5.82. The molecule has 3 fully saturated rings. The molecule has 2 heteroatoms. The monoisotopic (exact) mass is 250 g/mol. The molecule has 2 saturated heterocycles. The van der Waals surface area contributed by atoms with Gasteiger partial charge in [-0.2, -0.15) is 0 Å². The molecule has 2 heterocycles. The van der Waals surface area contributed by atoms with E-state index in [4.69, 9.17) is 5.73 Å². The number of fused-ring (bicyclic) bond motifs is 2. The first-order chi connectivity index (χ1) is 8.78. The van der Waals surface area contributed by atoms with E-state index in [-0.39, 0.29) is 0 Å². The molecular weight excluding hydrogens is 220 g/mol. The second kappa shape index (κ2) is 5.50. The molecule has 4 atom stereocenters. The van der Waals surface area contributed by atoms with E-state index in [1.807, 2.05) is 0 Å². The summed E-state index contributed by atoms with van der Waals surface area (Å²) in [6.45, 7) is 2.37. The number of nitrogens with zero attached hydrogens (tertiary/aromatic N) is 1. The van der Waals surface area contributed by atoms with Crippen LogP contribution in [0.2, 0.25) is 0 Å². The van der Waals surface area contributed by atoms with Crippen LogP contribution in [0.3, 0.4) is 0 Å². The molecule has 1 saturated carbocycles. The zero-order chi connectivity index (χ0) is 12.5. The van der Waals surface area contributed by atoms with Crippen molar-refractivity contribution < 1.29 is 0 Å². The minimum Gasteiger partial charge on any atom is -0.328 e. The molecule has 0 aromatic carbocycles. The van der Waals surface area contributed by atoms with E-state index >= 15 is 0 Å². The van der Waals surface area contributed by atoms with Crippen LogP contribution in [-0.4, -0.2) is 29.1 Å². The lowest BCUT2D eigenvalue weighted by molar-refractivity contribution is -0.0246. The summed E-state index contributed by atoms with van der Waals surface area (Å²) >= 11 is 0. The maximum absolute atomic E-state index is 6.24. The standard InChI is InChI=1S/C16H30N2/c1-2-12-5-3-6-14(9-12)18-15-7-4-8-16(18)11-13(17)10-15/h12-16H,2-11,17H2,1H3. The maximum Gasteiger partial charge on any atom is 0.0116 e. The molecule has 1 aliphatic carbocycles. The van der Waals surface area contributed by atoms with Crippen molar-refractivity contribution in [3.8, 4) is 0 Å². The third-order valence-electron chi connectivity index (χ3n) is 5.82. The van der Waals surface area contributed by atoms with Crippen LogP contribution in [0.15, 0.2) is 0 Å². The molecule has 2 nitrogen and oxygen atoms in total. The van der Waals surface area contributed by atoms with Crippen molar-refractivity contribution in [1.29, 1.82) is 0 Å². The largest absolute Gasteiger partial charge is 0.328 e. The molecule has 0 radical (unpaired) electrons. The summed E-state index contributed by atoms with van der Waals surface area (Å²) in [6.07, 6.45) is 14.1. The summed E-state index contributed by atoms with van der Waals surface area (Å²) in [4.78, 5) is 2.94. The fourth-order valence-corrected chi connectivity index (χ4v) is 4.96. The lowest BCUT2D eigenvalue weighted by atomic mass is 9.76. The van der Waals surface area contributed by atoms with Crippen molar-refractivity contribution in [2.45, 2.75) is 95.3 Å². The van der Waals surface area contributed by atoms with Gasteiger partial charge < -0.3 is 5.73 Å². The van der Waals surface area contributed by atoms with Crippen molar-refractivity contribution in [3.63, 3.8) is 0 Å². The Morgan fingerprint density at radius 1 is 0.889 bits per heavy atom. The van der Waals surface area contributed by atoms with Crippen molar-refractivity contribution in [3.05, 3.63) is 0 Å². The molecule has 0 aromatic heterocycles. The molecule has 2 aliphatic heterocycles. The molecule has 2 N–H and O–H groups in total. The lowest BCUT2D eigenvalue weighted by Crippen LogP contribution is -2.59. The van der Waals surface area contributed by atoms with Crippen LogP contribution in [0.4, 0.5) is 0 Å². The van der Waals surface area contributed by atoms with Crippen LogP contribution in [-0.2, 0) is 0 Å². The summed E-state index contributed by atoms with van der Waals surface area (Å²) < 4.78 is 0. The third kappa shape index (κ3) is 2.46. The minimum absolute atomic E-state index is 0.488. The second-order valence-corrected chi connectivity index (χ2v) is 7.01. The Morgan fingerprint density at radius 2 is 1.44 bits per heavy atom. The van der Waals surface area contributed by atoms with E-state index in [0.717, 1.165) is 24.0 Å². The zero-order valence-corrected chi connectivity index (χ0v) is 12.0. The van der Waals surface area contributed by atoms with Gasteiger partial charge in [0.15, 0.2) is 0 Å². The Balaban J connectivity index is 1.70. The summed E-state index contributed by atoms with van der Waals surface area (Å²) in [5.41, 5.74) is 6.24. The van der Waals surface area contributed by atoms with Gasteiger partial charge in [0.2, 0.25) is 0 Å². The minimum atomic E-state index is 0.488. The predicted octanol–water partition coefficient (Wildman–Crippen LogP) is 3.30. The molecule has 3 aliphatic rings. The summed E-state index contributed by atoms with van der Waals surface area (Å²) in [7, 11) is 0. The van der Waals surface area contributed by atoms with E-state index in [1.165, 1.54) is 64.2 Å². The number of nitrogens with two attached hydrogens (primary N) is 1. The fourth-order valence-electron chi connectivity index (χ4n) is 4.96. The molecule has 18 heavy (non-hydrogen) atoms. The highest BCUT2D eigenvalue weighted by Gasteiger charge is 2.41. The normalized spacial score (nSPS) is 46.0. The smallest absolute Gasteiger partial charge is 0.0116 e. The second-order valence-electron chi connectivity index (χ2n) is 7.01. The van der Waals surface area contributed by atoms with Crippen LogP contribution in [0.1, 0.15) is 71.1 Å². The van der Waals surface area contributed by atoms with E-state index < -0.39 is 0 Å². The number of piperidine rings is 2. The lowest BCUT2D eigenvalue weighted by Gasteiger charge is -2.53. The molecule has 0 amide bonds. The van der Waals surface area contributed by atoms with Crippen LogP contribution < -0.4 is 5.73 Å². The predicted molar refractivity (Wildman–Crippen MR) is 76.5 cm³/mol. The highest BCUT2D eigenvalue weighted by atomic mass is 15.2. The Hall–Kier alpha value is -0.0800. The zero-order valence-electron chi connectivity index (χ0n) is 12.0. The number of rotatable bonds is 2. The number of hydrogen-bond donors (Lipinski definition) is 1. The summed E-state index contributed by atoms with van der Waals surface area (Å²) in [5, 5.41) is 0. The summed E-state index contributed by atoms with van der Waals surface area (Å²) in [6, 6.07) is 3.04. The molecule has 2 bridgehead atoms. The molecular formula is C16H30N2. The van der Waals surface area contributed by atoms with Gasteiger partial charge in [0, 0.05) is 24.2 Å². The topological polar surface area (TPSA) is 29.3 Å². The van der Waals surface area contributed by atoms with Crippen molar-refractivity contribution in [1.82, 2.24) is 4.90 Å². The van der Waals surface area contributed by atoms with Crippen molar-refractivity contribution >= 4 is 0 Å². The van der Waals surface area contributed by atoms with Gasteiger partial charge in [-0.1, -0.05) is 32.6 Å². The van der Waals surface area contributed by atoms with Gasteiger partial charge in [-0.05, 0) is 44.4 Å². The van der Waals surface area contributed by atoms with Gasteiger partial charge >= 0.3 is 0 Å². The average molecular weight is 250 g/mol. The van der Waals surface area contributed by atoms with Crippen LogP contribution in [0, 0.1) is 5.92 Å². The fraction of sp³-hybridized carbons (Fsp3) is 1.00. The molecule has 4 unspecified atom stereocenters. The van der Waals surface area contributed by atoms with Gasteiger partial charge in [-0.15, -0.1) is 0 Å². The number of hydrogen-bond acceptors (Lipinski definition) is 2. The molecule has 3 rings (SSSR count). The molecule has 104 valence electrons. The molecule has 0 aromatic rings. The quantitative estimate of drug-likeness (QED) is 0.815. The van der Waals surface area contributed by atoms with Gasteiger partial charge in [0.1, 0.15) is 0 Å². The van der Waals surface area contributed by atoms with Crippen LogP contribution in [0.5, 0.6) is 0 Å². The molecule has 0 spiro atoms. The Labute approximate surface area is 112 Å². The van der Waals surface area contributed by atoms with Crippen LogP contribution in [0.25, 0.3) is 0 Å². The van der Waals surface area contributed by atoms with Crippen LogP contribution >= 0.6 is 0 Å². The first-order valence-electron chi connectivity index (χ1n) is 8.31.